The number of thiazole rings is 1. The molecule has 3 N–H and O–H groups in total. The maximum atomic E-state index is 12.7. The molecule has 1 heterocycles. The number of nitrogens with one attached hydrogen (secondary N) is 3. The van der Waals surface area contributed by atoms with E-state index >= 15 is 0 Å². The van der Waals surface area contributed by atoms with E-state index in [2.05, 4.69) is 55.7 Å². The van der Waals surface area contributed by atoms with Crippen LogP contribution in [0.25, 0.3) is 11.3 Å². The Morgan fingerprint density at radius 2 is 1.67 bits per heavy atom. The van der Waals surface area contributed by atoms with Gasteiger partial charge in [-0.3, -0.25) is 9.59 Å². The number of rotatable bonds is 11. The number of hydrogen-bond acceptors (Lipinski definition) is 8. The second-order valence-electron chi connectivity index (χ2n) is 10.5. The summed E-state index contributed by atoms with van der Waals surface area (Å²) >= 11 is 3.63. The quantitative estimate of drug-likeness (QED) is 0.0721. The molecule has 0 unspecified atom stereocenters. The number of carbonyl (C=O) groups is 2. The van der Waals surface area contributed by atoms with Crippen LogP contribution in [0.2, 0.25) is 0 Å². The molecule has 0 saturated carbocycles. The summed E-state index contributed by atoms with van der Waals surface area (Å²) in [5, 5.41) is 13.1. The number of carbonyl (C=O) groups excluding carboxylic acids is 2. The van der Waals surface area contributed by atoms with Crippen molar-refractivity contribution in [1.82, 2.24) is 10.4 Å². The smallest absolute Gasteiger partial charge is 0.271 e. The molecule has 9 nitrogen and oxygen atoms in total. The lowest BCUT2D eigenvalue weighted by atomic mass is 10.1. The molecular weight excluding hydrogens is 713 g/mol. The van der Waals surface area contributed by atoms with Gasteiger partial charge in [0.2, 0.25) is 0 Å². The van der Waals surface area contributed by atoms with Crippen LogP contribution in [-0.4, -0.2) is 36.7 Å². The van der Waals surface area contributed by atoms with E-state index in [1.54, 1.807) is 18.2 Å². The number of hydrazone groups is 1. The molecule has 5 rings (SSSR count). The minimum atomic E-state index is -0.348. The first-order valence-corrected chi connectivity index (χ1v) is 16.2. The third kappa shape index (κ3) is 8.49. The molecule has 5 aromatic rings. The van der Waals surface area contributed by atoms with Crippen LogP contribution in [-0.2, 0) is 4.79 Å². The van der Waals surface area contributed by atoms with Gasteiger partial charge in [0.15, 0.2) is 23.2 Å². The molecule has 1 aromatic heterocycles. The largest absolute Gasteiger partial charge is 0.493 e. The number of aromatic nitrogens is 1. The number of ether oxygens (including phenoxy) is 2. The van der Waals surface area contributed by atoms with Crippen molar-refractivity contribution in [2.45, 2.75) is 20.8 Å². The van der Waals surface area contributed by atoms with Crippen LogP contribution in [0.4, 0.5) is 16.5 Å². The summed E-state index contributed by atoms with van der Waals surface area (Å²) in [6.07, 6.45) is 1.52. The predicted molar refractivity (Wildman–Crippen MR) is 193 cm³/mol. The van der Waals surface area contributed by atoms with Gasteiger partial charge in [0.05, 0.1) is 22.6 Å². The van der Waals surface area contributed by atoms with Gasteiger partial charge in [-0.1, -0.05) is 35.9 Å². The van der Waals surface area contributed by atoms with Crippen molar-refractivity contribution in [3.63, 3.8) is 0 Å². The summed E-state index contributed by atoms with van der Waals surface area (Å²) in [7, 11) is 1.52. The molecule has 0 aliphatic rings. The van der Waals surface area contributed by atoms with E-state index in [4.69, 9.17) is 9.47 Å². The Kier molecular flexibility index (Phi) is 10.7. The van der Waals surface area contributed by atoms with E-state index in [0.717, 1.165) is 36.8 Å². The van der Waals surface area contributed by atoms with E-state index < -0.39 is 0 Å². The van der Waals surface area contributed by atoms with Crippen molar-refractivity contribution in [2.75, 3.05) is 24.4 Å². The summed E-state index contributed by atoms with van der Waals surface area (Å²) in [6.45, 7) is 5.88. The summed E-state index contributed by atoms with van der Waals surface area (Å²) in [4.78, 5) is 29.9. The molecular formula is C35H32IN5O4S. The van der Waals surface area contributed by atoms with Crippen LogP contribution in [0.1, 0.15) is 32.6 Å². The molecule has 46 heavy (non-hydrogen) atoms. The van der Waals surface area contributed by atoms with Gasteiger partial charge in [0.1, 0.15) is 0 Å². The molecule has 234 valence electrons. The molecule has 0 fully saturated rings. The van der Waals surface area contributed by atoms with Crippen molar-refractivity contribution in [3.05, 3.63) is 116 Å². The lowest BCUT2D eigenvalue weighted by Crippen LogP contribution is -2.20. The van der Waals surface area contributed by atoms with E-state index in [9.17, 15) is 9.59 Å². The van der Waals surface area contributed by atoms with Crippen LogP contribution < -0.4 is 25.5 Å². The Morgan fingerprint density at radius 1 is 0.935 bits per heavy atom. The summed E-state index contributed by atoms with van der Waals surface area (Å²) in [5.41, 5.74) is 10.6. The first-order chi connectivity index (χ1) is 22.2. The zero-order valence-electron chi connectivity index (χ0n) is 25.7. The van der Waals surface area contributed by atoms with Gasteiger partial charge in [-0.05, 0) is 109 Å². The number of hydrogen-bond donors (Lipinski definition) is 3. The lowest BCUT2D eigenvalue weighted by molar-refractivity contribution is -0.118. The van der Waals surface area contributed by atoms with Gasteiger partial charge in [0, 0.05) is 27.9 Å². The standard InChI is InChI=1S/C35H32IN5O4S/c1-21-5-12-27(13-6-21)39-35-40-30(20-46-35)25-8-10-26(11-9-25)34(43)41-37-18-24-16-29(36)33(31(17-24)44-4)45-19-32(42)38-28-14-7-22(2)23(3)15-28/h5-18,20H,19H2,1-4H3,(H,38,42)(H,39,40)(H,41,43)/b37-18+. The highest BCUT2D eigenvalue weighted by molar-refractivity contribution is 14.1. The maximum absolute atomic E-state index is 12.7. The zero-order chi connectivity index (χ0) is 32.6. The van der Waals surface area contributed by atoms with Gasteiger partial charge in [-0.25, -0.2) is 10.4 Å². The fourth-order valence-corrected chi connectivity index (χ4v) is 5.88. The highest BCUT2D eigenvalue weighted by Crippen LogP contribution is 2.34. The second-order valence-corrected chi connectivity index (χ2v) is 12.5. The van der Waals surface area contributed by atoms with Crippen LogP contribution >= 0.6 is 33.9 Å². The van der Waals surface area contributed by atoms with Gasteiger partial charge < -0.3 is 20.1 Å². The number of nitrogens with zero attached hydrogens (tertiary/aromatic N) is 2. The number of halogens is 1. The Balaban J connectivity index is 1.15. The highest BCUT2D eigenvalue weighted by atomic mass is 127. The average molecular weight is 746 g/mol. The lowest BCUT2D eigenvalue weighted by Gasteiger charge is -2.14. The molecule has 2 amide bonds. The van der Waals surface area contributed by atoms with Crippen molar-refractivity contribution < 1.29 is 19.1 Å². The molecule has 0 spiro atoms. The van der Waals surface area contributed by atoms with Gasteiger partial charge in [-0.15, -0.1) is 11.3 Å². The monoisotopic (exact) mass is 745 g/mol. The third-order valence-corrected chi connectivity index (χ3v) is 8.58. The van der Waals surface area contributed by atoms with Crippen molar-refractivity contribution in [3.8, 4) is 22.8 Å². The van der Waals surface area contributed by atoms with Crippen molar-refractivity contribution in [2.24, 2.45) is 5.10 Å². The average Bonchev–Trinajstić information content (AvgIpc) is 3.51. The Hall–Kier alpha value is -4.75. The van der Waals surface area contributed by atoms with Gasteiger partial charge in [-0.2, -0.15) is 5.10 Å². The molecule has 0 radical (unpaired) electrons. The minimum absolute atomic E-state index is 0.185. The molecule has 0 atom stereocenters. The molecule has 0 saturated heterocycles. The minimum Gasteiger partial charge on any atom is -0.493 e. The fourth-order valence-electron chi connectivity index (χ4n) is 4.35. The number of aryl methyl sites for hydroxylation is 3. The summed E-state index contributed by atoms with van der Waals surface area (Å²) < 4.78 is 12.0. The zero-order valence-corrected chi connectivity index (χ0v) is 28.7. The summed E-state index contributed by atoms with van der Waals surface area (Å²) in [6, 6.07) is 24.6. The topological polar surface area (TPSA) is 114 Å². The normalized spacial score (nSPS) is 10.9. The van der Waals surface area contributed by atoms with Crippen LogP contribution in [0.3, 0.4) is 0 Å². The number of benzene rings is 4. The Morgan fingerprint density at radius 3 is 2.39 bits per heavy atom. The molecule has 0 aliphatic carbocycles. The number of anilines is 3. The predicted octanol–water partition coefficient (Wildman–Crippen LogP) is 7.87. The Bertz CT molecular complexity index is 1890. The highest BCUT2D eigenvalue weighted by Gasteiger charge is 2.14. The van der Waals surface area contributed by atoms with Crippen molar-refractivity contribution >= 4 is 68.5 Å². The molecule has 4 aromatic carbocycles. The second kappa shape index (κ2) is 15.0. The fraction of sp³-hybridized carbons (Fsp3) is 0.143. The maximum Gasteiger partial charge on any atom is 0.271 e. The number of amides is 2. The van der Waals surface area contributed by atoms with Crippen LogP contribution in [0, 0.1) is 24.3 Å². The molecule has 0 aliphatic heterocycles. The van der Waals surface area contributed by atoms with Gasteiger partial charge >= 0.3 is 0 Å². The van der Waals surface area contributed by atoms with E-state index in [0.29, 0.717) is 28.3 Å². The SMILES string of the molecule is COc1cc(/C=N/NC(=O)c2ccc(-c3csc(Nc4ccc(C)cc4)n3)cc2)cc(I)c1OCC(=O)Nc1ccc(C)c(C)c1. The Labute approximate surface area is 285 Å². The van der Waals surface area contributed by atoms with Crippen LogP contribution in [0.5, 0.6) is 11.5 Å². The van der Waals surface area contributed by atoms with Crippen molar-refractivity contribution in [1.29, 1.82) is 0 Å². The van der Waals surface area contributed by atoms with Crippen LogP contribution in [0.15, 0.2) is 89.3 Å². The summed E-state index contributed by atoms with van der Waals surface area (Å²) in [5.74, 6) is 0.249. The van der Waals surface area contributed by atoms with E-state index in [1.165, 1.54) is 30.2 Å². The van der Waals surface area contributed by atoms with Gasteiger partial charge in [0.25, 0.3) is 11.8 Å². The van der Waals surface area contributed by atoms with E-state index in [1.807, 2.05) is 79.9 Å². The van der Waals surface area contributed by atoms with E-state index in [-0.39, 0.29) is 18.4 Å². The molecule has 0 bridgehead atoms. The first-order valence-electron chi connectivity index (χ1n) is 14.3. The molecule has 11 heteroatoms. The number of methoxy groups -OCH3 is 1. The first kappa shape index (κ1) is 32.6. The third-order valence-electron chi connectivity index (χ3n) is 7.02.